The minimum Gasteiger partial charge on any atom is -0.394 e. The van der Waals surface area contributed by atoms with Crippen molar-refractivity contribution in [2.75, 3.05) is 13.2 Å². The summed E-state index contributed by atoms with van der Waals surface area (Å²) in [5, 5.41) is 18.3. The molecule has 0 bridgehead atoms. The van der Waals surface area contributed by atoms with Crippen LogP contribution in [-0.2, 0) is 0 Å². The van der Waals surface area contributed by atoms with Crippen LogP contribution in [0.3, 0.4) is 0 Å². The molecule has 0 heterocycles. The van der Waals surface area contributed by atoms with E-state index in [9.17, 15) is 5.11 Å². The lowest BCUT2D eigenvalue weighted by Crippen LogP contribution is -2.55. The van der Waals surface area contributed by atoms with E-state index in [1.165, 1.54) is 0 Å². The molecular weight excluding hydrogens is 178 g/mol. The van der Waals surface area contributed by atoms with Gasteiger partial charge in [-0.25, -0.2) is 0 Å². The number of nitrogens with zero attached hydrogens (tertiary/aromatic N) is 1. The zero-order chi connectivity index (χ0) is 11.6. The van der Waals surface area contributed by atoms with Gasteiger partial charge in [0.1, 0.15) is 0 Å². The lowest BCUT2D eigenvalue weighted by molar-refractivity contribution is -0.0209. The third kappa shape index (κ3) is 4.40. The van der Waals surface area contributed by atoms with Crippen molar-refractivity contribution in [2.24, 2.45) is 0 Å². The predicted octanol–water partition coefficient (Wildman–Crippen LogP) is 1.24. The average molecular weight is 203 g/mol. The van der Waals surface area contributed by atoms with E-state index in [1.54, 1.807) is 0 Å². The highest BCUT2D eigenvalue weighted by atomic mass is 16.3. The summed E-state index contributed by atoms with van der Waals surface area (Å²) < 4.78 is 0. The van der Waals surface area contributed by atoms with Gasteiger partial charge < -0.3 is 10.2 Å². The second kappa shape index (κ2) is 4.60. The van der Waals surface area contributed by atoms with Crippen molar-refractivity contribution in [2.45, 2.75) is 58.7 Å². The summed E-state index contributed by atoms with van der Waals surface area (Å²) >= 11 is 0. The summed E-state index contributed by atoms with van der Waals surface area (Å²) in [4.78, 5) is 2.20. The number of aliphatic hydroxyl groups is 2. The summed E-state index contributed by atoms with van der Waals surface area (Å²) in [6.45, 7) is 13.0. The third-order valence-electron chi connectivity index (χ3n) is 2.22. The Labute approximate surface area is 87.7 Å². The Morgan fingerprint density at radius 2 is 1.36 bits per heavy atom. The zero-order valence-electron chi connectivity index (χ0n) is 10.3. The van der Waals surface area contributed by atoms with E-state index in [1.807, 2.05) is 0 Å². The van der Waals surface area contributed by atoms with Gasteiger partial charge in [0.05, 0.1) is 12.7 Å². The van der Waals surface area contributed by atoms with Crippen molar-refractivity contribution in [3.05, 3.63) is 0 Å². The Hall–Kier alpha value is -0.120. The first kappa shape index (κ1) is 13.9. The Bertz CT molecular complexity index is 153. The molecular formula is C11H25NO2. The van der Waals surface area contributed by atoms with Crippen LogP contribution in [0.4, 0.5) is 0 Å². The summed E-state index contributed by atoms with van der Waals surface area (Å²) in [5.41, 5.74) is -0.0111. The van der Waals surface area contributed by atoms with E-state index in [-0.39, 0.29) is 17.7 Å². The molecule has 86 valence electrons. The third-order valence-corrected chi connectivity index (χ3v) is 2.22. The van der Waals surface area contributed by atoms with Crippen LogP contribution in [0, 0.1) is 0 Å². The van der Waals surface area contributed by atoms with Crippen molar-refractivity contribution >= 4 is 0 Å². The van der Waals surface area contributed by atoms with Gasteiger partial charge >= 0.3 is 0 Å². The molecule has 0 saturated heterocycles. The molecule has 1 atom stereocenters. The maximum Gasteiger partial charge on any atom is 0.0897 e. The van der Waals surface area contributed by atoms with Crippen LogP contribution in [0.2, 0.25) is 0 Å². The summed E-state index contributed by atoms with van der Waals surface area (Å²) in [5.74, 6) is 0. The molecule has 3 nitrogen and oxygen atoms in total. The largest absolute Gasteiger partial charge is 0.394 e. The summed E-state index contributed by atoms with van der Waals surface area (Å²) in [6.07, 6.45) is -0.659. The summed E-state index contributed by atoms with van der Waals surface area (Å²) in [6, 6.07) is 0. The van der Waals surface area contributed by atoms with Gasteiger partial charge in [-0.1, -0.05) is 0 Å². The second-order valence-corrected chi connectivity index (χ2v) is 5.79. The topological polar surface area (TPSA) is 43.7 Å². The summed E-state index contributed by atoms with van der Waals surface area (Å²) in [7, 11) is 0. The van der Waals surface area contributed by atoms with Gasteiger partial charge in [-0.2, -0.15) is 0 Å². The van der Waals surface area contributed by atoms with Crippen LogP contribution in [0.25, 0.3) is 0 Å². The molecule has 3 heteroatoms. The van der Waals surface area contributed by atoms with Crippen molar-refractivity contribution in [3.8, 4) is 0 Å². The fourth-order valence-corrected chi connectivity index (χ4v) is 1.82. The van der Waals surface area contributed by atoms with E-state index in [4.69, 9.17) is 5.11 Å². The van der Waals surface area contributed by atoms with Gasteiger partial charge in [0.25, 0.3) is 0 Å². The van der Waals surface area contributed by atoms with Gasteiger partial charge in [0, 0.05) is 17.6 Å². The first-order valence-corrected chi connectivity index (χ1v) is 5.15. The van der Waals surface area contributed by atoms with Crippen LogP contribution in [-0.4, -0.2) is 45.4 Å². The van der Waals surface area contributed by atoms with Gasteiger partial charge in [0.2, 0.25) is 0 Å². The molecule has 0 fully saturated rings. The lowest BCUT2D eigenvalue weighted by Gasteiger charge is -2.46. The molecule has 14 heavy (non-hydrogen) atoms. The van der Waals surface area contributed by atoms with Crippen LogP contribution in [0.5, 0.6) is 0 Å². The molecule has 0 aliphatic carbocycles. The zero-order valence-corrected chi connectivity index (χ0v) is 10.3. The van der Waals surface area contributed by atoms with E-state index in [0.29, 0.717) is 6.54 Å². The molecule has 2 N–H and O–H groups in total. The molecule has 0 aliphatic heterocycles. The highest BCUT2D eigenvalue weighted by molar-refractivity contribution is 4.88. The highest BCUT2D eigenvalue weighted by Crippen LogP contribution is 2.24. The molecule has 0 aromatic rings. The number of aliphatic hydroxyl groups excluding tert-OH is 2. The SMILES string of the molecule is CC(C)(C)N(CC(O)CO)C(C)(C)C. The van der Waals surface area contributed by atoms with Crippen LogP contribution < -0.4 is 0 Å². The van der Waals surface area contributed by atoms with Crippen molar-refractivity contribution in [1.82, 2.24) is 4.90 Å². The average Bonchev–Trinajstić information content (AvgIpc) is 1.95. The van der Waals surface area contributed by atoms with Gasteiger partial charge in [-0.05, 0) is 41.5 Å². The lowest BCUT2D eigenvalue weighted by atomic mass is 9.95. The smallest absolute Gasteiger partial charge is 0.0897 e. The minimum atomic E-state index is -0.659. The number of β-amino-alcohol motifs (C(OH)–C–C–N with tert-alkyl or cyclic N) is 1. The van der Waals surface area contributed by atoms with Crippen molar-refractivity contribution in [1.29, 1.82) is 0 Å². The number of hydrogen-bond donors (Lipinski definition) is 2. The van der Waals surface area contributed by atoms with E-state index in [0.717, 1.165) is 0 Å². The minimum absolute atomic E-state index is 0.00556. The van der Waals surface area contributed by atoms with Gasteiger partial charge in [-0.15, -0.1) is 0 Å². The van der Waals surface area contributed by atoms with Crippen LogP contribution >= 0.6 is 0 Å². The molecule has 0 aromatic heterocycles. The van der Waals surface area contributed by atoms with Crippen molar-refractivity contribution in [3.63, 3.8) is 0 Å². The Balaban J connectivity index is 4.59. The monoisotopic (exact) mass is 203 g/mol. The highest BCUT2D eigenvalue weighted by Gasteiger charge is 2.32. The Morgan fingerprint density at radius 3 is 1.57 bits per heavy atom. The quantitative estimate of drug-likeness (QED) is 0.725. The van der Waals surface area contributed by atoms with Gasteiger partial charge in [0.15, 0.2) is 0 Å². The first-order chi connectivity index (χ1) is 6.09. The fraction of sp³-hybridized carbons (Fsp3) is 1.00. The molecule has 0 aliphatic rings. The van der Waals surface area contributed by atoms with Gasteiger partial charge in [-0.3, -0.25) is 4.90 Å². The second-order valence-electron chi connectivity index (χ2n) is 5.79. The van der Waals surface area contributed by atoms with Crippen molar-refractivity contribution < 1.29 is 10.2 Å². The number of rotatable bonds is 3. The molecule has 0 aromatic carbocycles. The van der Waals surface area contributed by atoms with E-state index >= 15 is 0 Å². The van der Waals surface area contributed by atoms with E-state index < -0.39 is 6.10 Å². The molecule has 1 unspecified atom stereocenters. The Kier molecular flexibility index (Phi) is 4.56. The predicted molar refractivity (Wildman–Crippen MR) is 59.3 cm³/mol. The number of hydrogen-bond acceptors (Lipinski definition) is 3. The van der Waals surface area contributed by atoms with Crippen LogP contribution in [0.15, 0.2) is 0 Å². The molecule has 0 amide bonds. The molecule has 0 saturated carbocycles. The maximum atomic E-state index is 9.46. The molecule has 0 rings (SSSR count). The van der Waals surface area contributed by atoms with Crippen LogP contribution in [0.1, 0.15) is 41.5 Å². The Morgan fingerprint density at radius 1 is 1.00 bits per heavy atom. The maximum absolute atomic E-state index is 9.46. The van der Waals surface area contributed by atoms with E-state index in [2.05, 4.69) is 46.4 Å². The normalized spacial score (nSPS) is 16.1. The first-order valence-electron chi connectivity index (χ1n) is 5.15. The standard InChI is InChI=1S/C11H25NO2/c1-10(2,3)12(11(4,5)6)7-9(14)8-13/h9,13-14H,7-8H2,1-6H3. The molecule has 0 spiro atoms. The fourth-order valence-electron chi connectivity index (χ4n) is 1.82. The molecule has 0 radical (unpaired) electrons.